The van der Waals surface area contributed by atoms with Gasteiger partial charge in [-0.3, -0.25) is 0 Å². The molecule has 42 heavy (non-hydrogen) atoms. The molecule has 1 fully saturated rings. The summed E-state index contributed by atoms with van der Waals surface area (Å²) < 4.78 is 9.58. The van der Waals surface area contributed by atoms with Gasteiger partial charge in [0.15, 0.2) is 0 Å². The number of carbonyl (C=O) groups is 1. The van der Waals surface area contributed by atoms with E-state index in [1.807, 2.05) is 59.1 Å². The molecule has 1 atom stereocenters. The quantitative estimate of drug-likeness (QED) is 0.279. The maximum absolute atomic E-state index is 12.7. The molecular weight excluding hydrogens is 528 g/mol. The second-order valence-corrected chi connectivity index (χ2v) is 11.9. The fourth-order valence-corrected chi connectivity index (χ4v) is 5.48. The molecule has 1 aliphatic heterocycles. The van der Waals surface area contributed by atoms with E-state index in [0.717, 1.165) is 57.5 Å². The van der Waals surface area contributed by atoms with Crippen molar-refractivity contribution in [2.45, 2.75) is 52.2 Å². The van der Waals surface area contributed by atoms with Crippen LogP contribution in [0.15, 0.2) is 67.1 Å². The molecule has 0 unspecified atom stereocenters. The smallest absolute Gasteiger partial charge is 0.410 e. The minimum atomic E-state index is -0.527. The van der Waals surface area contributed by atoms with Crippen LogP contribution in [0.5, 0.6) is 0 Å². The van der Waals surface area contributed by atoms with E-state index >= 15 is 0 Å². The SMILES string of the molecule is Cc1cnc(N[C@H]2CCCN(C(=O)OC(C)(C)C)C2)nc1-c1cn(-c2ccccc2)c2cc(-c3cnnn3C)ccc12. The molecule has 3 aromatic heterocycles. The van der Waals surface area contributed by atoms with Gasteiger partial charge in [0.1, 0.15) is 5.60 Å². The topological polar surface area (TPSA) is 103 Å². The van der Waals surface area contributed by atoms with Crippen LogP contribution >= 0.6 is 0 Å². The molecule has 0 saturated carbocycles. The Hall–Kier alpha value is -4.73. The van der Waals surface area contributed by atoms with Crippen molar-refractivity contribution in [2.24, 2.45) is 7.05 Å². The van der Waals surface area contributed by atoms with Gasteiger partial charge in [-0.25, -0.2) is 19.4 Å². The third kappa shape index (κ3) is 5.57. The van der Waals surface area contributed by atoms with Crippen molar-refractivity contribution in [1.82, 2.24) is 34.4 Å². The molecule has 10 heteroatoms. The number of likely N-dealkylation sites (tertiary alicyclic amines) is 1. The number of nitrogens with zero attached hydrogens (tertiary/aromatic N) is 7. The molecule has 5 aromatic rings. The lowest BCUT2D eigenvalue weighted by molar-refractivity contribution is 0.0206. The highest BCUT2D eigenvalue weighted by Gasteiger charge is 2.28. The molecule has 216 valence electrons. The zero-order valence-electron chi connectivity index (χ0n) is 24.7. The number of rotatable bonds is 5. The molecule has 2 aromatic carbocycles. The van der Waals surface area contributed by atoms with Crippen LogP contribution in [0.2, 0.25) is 0 Å². The fraction of sp³-hybridized carbons (Fsp3) is 0.344. The Balaban J connectivity index is 1.35. The number of para-hydroxylation sites is 1. The number of benzene rings is 2. The summed E-state index contributed by atoms with van der Waals surface area (Å²) in [5, 5.41) is 12.8. The first kappa shape index (κ1) is 27.4. The molecule has 1 amide bonds. The van der Waals surface area contributed by atoms with Crippen LogP contribution in [0.4, 0.5) is 10.7 Å². The molecular formula is C32H36N8O2. The fourth-order valence-electron chi connectivity index (χ4n) is 5.48. The highest BCUT2D eigenvalue weighted by Crippen LogP contribution is 2.36. The molecule has 0 bridgehead atoms. The number of nitrogens with one attached hydrogen (secondary N) is 1. The summed E-state index contributed by atoms with van der Waals surface area (Å²) in [6.07, 6.45) is 7.31. The van der Waals surface area contributed by atoms with Gasteiger partial charge in [0.2, 0.25) is 5.95 Å². The number of fused-ring (bicyclic) bond motifs is 1. The summed E-state index contributed by atoms with van der Waals surface area (Å²) >= 11 is 0. The number of aromatic nitrogens is 6. The van der Waals surface area contributed by atoms with Crippen molar-refractivity contribution >= 4 is 22.9 Å². The Labute approximate surface area is 245 Å². The summed E-state index contributed by atoms with van der Waals surface area (Å²) in [6, 6.07) is 16.7. The number of aryl methyl sites for hydroxylation is 2. The number of ether oxygens (including phenoxy) is 1. The lowest BCUT2D eigenvalue weighted by Crippen LogP contribution is -2.47. The van der Waals surface area contributed by atoms with Gasteiger partial charge in [0.05, 0.1) is 23.1 Å². The van der Waals surface area contributed by atoms with Gasteiger partial charge in [-0.1, -0.05) is 35.5 Å². The third-order valence-corrected chi connectivity index (χ3v) is 7.48. The van der Waals surface area contributed by atoms with E-state index in [-0.39, 0.29) is 12.1 Å². The number of amides is 1. The number of anilines is 1. The normalized spacial score (nSPS) is 15.6. The third-order valence-electron chi connectivity index (χ3n) is 7.48. The average Bonchev–Trinajstić information content (AvgIpc) is 3.57. The van der Waals surface area contributed by atoms with Gasteiger partial charge in [-0.2, -0.15) is 0 Å². The summed E-state index contributed by atoms with van der Waals surface area (Å²) in [5.41, 5.74) is 6.42. The largest absolute Gasteiger partial charge is 0.444 e. The first-order valence-electron chi connectivity index (χ1n) is 14.3. The maximum Gasteiger partial charge on any atom is 0.410 e. The first-order chi connectivity index (χ1) is 20.2. The molecule has 0 spiro atoms. The summed E-state index contributed by atoms with van der Waals surface area (Å²) in [4.78, 5) is 24.1. The van der Waals surface area contributed by atoms with E-state index in [2.05, 4.69) is 61.7 Å². The van der Waals surface area contributed by atoms with Gasteiger partial charge in [0, 0.05) is 60.8 Å². The molecule has 1 aliphatic rings. The van der Waals surface area contributed by atoms with Crippen molar-refractivity contribution in [3.63, 3.8) is 0 Å². The van der Waals surface area contributed by atoms with Crippen LogP contribution in [-0.4, -0.2) is 65.3 Å². The minimum Gasteiger partial charge on any atom is -0.444 e. The monoisotopic (exact) mass is 564 g/mol. The molecule has 4 heterocycles. The maximum atomic E-state index is 12.7. The lowest BCUT2D eigenvalue weighted by Gasteiger charge is -2.34. The Morgan fingerprint density at radius 3 is 2.64 bits per heavy atom. The summed E-state index contributed by atoms with van der Waals surface area (Å²) in [7, 11) is 1.89. The Bertz CT molecular complexity index is 1730. The van der Waals surface area contributed by atoms with E-state index in [0.29, 0.717) is 19.0 Å². The predicted octanol–water partition coefficient (Wildman–Crippen LogP) is 6.00. The standard InChI is InChI=1S/C32H36N8O2/c1-21-17-33-30(35-23-10-9-15-39(19-23)31(41)42-32(2,3)4)36-29(21)26-20-40(24-11-7-6-8-12-24)27-16-22(13-14-25(26)27)28-18-34-37-38(28)5/h6-8,11-14,16-18,20,23H,9-10,15,19H2,1-5H3,(H,33,35,36)/t23-/m0/s1. The molecule has 1 N–H and O–H groups in total. The lowest BCUT2D eigenvalue weighted by atomic mass is 10.0. The number of hydrogen-bond acceptors (Lipinski definition) is 7. The minimum absolute atomic E-state index is 0.0301. The predicted molar refractivity (Wildman–Crippen MR) is 163 cm³/mol. The van der Waals surface area contributed by atoms with Crippen LogP contribution in [0.3, 0.4) is 0 Å². The van der Waals surface area contributed by atoms with Gasteiger partial charge in [-0.05, 0) is 64.3 Å². The van der Waals surface area contributed by atoms with Gasteiger partial charge < -0.3 is 19.5 Å². The molecule has 10 nitrogen and oxygen atoms in total. The molecule has 0 aliphatic carbocycles. The summed E-state index contributed by atoms with van der Waals surface area (Å²) in [6.45, 7) is 8.92. The zero-order valence-corrected chi connectivity index (χ0v) is 24.7. The second kappa shape index (κ2) is 10.9. The van der Waals surface area contributed by atoms with E-state index < -0.39 is 5.60 Å². The number of carbonyl (C=O) groups excluding carboxylic acids is 1. The van der Waals surface area contributed by atoms with Crippen LogP contribution in [0.25, 0.3) is 39.1 Å². The summed E-state index contributed by atoms with van der Waals surface area (Å²) in [5.74, 6) is 0.546. The average molecular weight is 565 g/mol. The Morgan fingerprint density at radius 2 is 1.90 bits per heavy atom. The van der Waals surface area contributed by atoms with Gasteiger partial charge in [-0.15, -0.1) is 5.10 Å². The van der Waals surface area contributed by atoms with E-state index in [9.17, 15) is 4.79 Å². The van der Waals surface area contributed by atoms with Crippen LogP contribution in [-0.2, 0) is 11.8 Å². The zero-order chi connectivity index (χ0) is 29.4. The molecule has 0 radical (unpaired) electrons. The van der Waals surface area contributed by atoms with Crippen molar-refractivity contribution < 1.29 is 9.53 Å². The van der Waals surface area contributed by atoms with E-state index in [1.54, 1.807) is 15.8 Å². The Morgan fingerprint density at radius 1 is 1.10 bits per heavy atom. The highest BCUT2D eigenvalue weighted by atomic mass is 16.6. The highest BCUT2D eigenvalue weighted by molar-refractivity contribution is 5.98. The van der Waals surface area contributed by atoms with Crippen LogP contribution < -0.4 is 5.32 Å². The number of piperidine rings is 1. The van der Waals surface area contributed by atoms with Crippen LogP contribution in [0.1, 0.15) is 39.2 Å². The van der Waals surface area contributed by atoms with Gasteiger partial charge in [0.25, 0.3) is 0 Å². The van der Waals surface area contributed by atoms with E-state index in [4.69, 9.17) is 9.72 Å². The Kier molecular flexibility index (Phi) is 7.14. The first-order valence-corrected chi connectivity index (χ1v) is 14.3. The van der Waals surface area contributed by atoms with Crippen molar-refractivity contribution in [3.8, 4) is 28.2 Å². The number of hydrogen-bond donors (Lipinski definition) is 1. The van der Waals surface area contributed by atoms with Crippen molar-refractivity contribution in [3.05, 3.63) is 72.7 Å². The molecule has 1 saturated heterocycles. The van der Waals surface area contributed by atoms with Gasteiger partial charge >= 0.3 is 6.09 Å². The van der Waals surface area contributed by atoms with Crippen molar-refractivity contribution in [1.29, 1.82) is 0 Å². The van der Waals surface area contributed by atoms with Crippen LogP contribution in [0, 0.1) is 6.92 Å². The second-order valence-electron chi connectivity index (χ2n) is 11.9. The van der Waals surface area contributed by atoms with Crippen molar-refractivity contribution in [2.75, 3.05) is 18.4 Å². The van der Waals surface area contributed by atoms with E-state index in [1.165, 1.54) is 0 Å². The molecule has 6 rings (SSSR count).